The normalized spacial score (nSPS) is 19.7. The fraction of sp³-hybridized carbons (Fsp3) is 0.263. The highest BCUT2D eigenvalue weighted by molar-refractivity contribution is 6.03. The molecule has 29 heavy (non-hydrogen) atoms. The first-order chi connectivity index (χ1) is 13.5. The zero-order valence-electron chi connectivity index (χ0n) is 15.6. The van der Waals surface area contributed by atoms with Gasteiger partial charge in [-0.2, -0.15) is 13.2 Å². The summed E-state index contributed by atoms with van der Waals surface area (Å²) in [7, 11) is 1.54. The van der Waals surface area contributed by atoms with Crippen LogP contribution >= 0.6 is 0 Å². The van der Waals surface area contributed by atoms with E-state index in [1.54, 1.807) is 31.2 Å². The minimum absolute atomic E-state index is 0.0899. The van der Waals surface area contributed by atoms with Crippen LogP contribution in [0.25, 0.3) is 0 Å². The summed E-state index contributed by atoms with van der Waals surface area (Å²) in [5, 5.41) is 2.59. The summed E-state index contributed by atoms with van der Waals surface area (Å²) in [5.41, 5.74) is 4.85. The number of rotatable bonds is 3. The van der Waals surface area contributed by atoms with E-state index in [4.69, 9.17) is 5.73 Å². The standard InChI is InChI=1S/C19H18F3N5O2/c1-18(9-15(28)27(2)17(23)26-18)11-4-3-5-13(8-11)25-16(29)14-7-6-12(10-24-14)19(20,21)22/h3-8,10H,9H2,1-2H3,(H2,23,26)(H,25,29). The van der Waals surface area contributed by atoms with Crippen molar-refractivity contribution in [1.82, 2.24) is 9.88 Å². The van der Waals surface area contributed by atoms with Gasteiger partial charge in [0.15, 0.2) is 5.96 Å². The fourth-order valence-electron chi connectivity index (χ4n) is 2.90. The number of hydrogen-bond donors (Lipinski definition) is 2. The molecule has 1 atom stereocenters. The van der Waals surface area contributed by atoms with Crippen molar-refractivity contribution in [2.24, 2.45) is 10.7 Å². The number of amides is 2. The molecule has 7 nitrogen and oxygen atoms in total. The Morgan fingerprint density at radius 3 is 2.59 bits per heavy atom. The summed E-state index contributed by atoms with van der Waals surface area (Å²) in [6, 6.07) is 8.47. The molecule has 1 unspecified atom stereocenters. The van der Waals surface area contributed by atoms with Crippen molar-refractivity contribution in [2.45, 2.75) is 25.1 Å². The second-order valence-corrected chi connectivity index (χ2v) is 6.84. The van der Waals surface area contributed by atoms with E-state index >= 15 is 0 Å². The number of pyridine rings is 1. The maximum Gasteiger partial charge on any atom is 0.417 e. The van der Waals surface area contributed by atoms with Crippen molar-refractivity contribution in [3.05, 3.63) is 59.4 Å². The van der Waals surface area contributed by atoms with Crippen LogP contribution in [0.1, 0.15) is 35.0 Å². The molecule has 2 heterocycles. The number of hydrogen-bond acceptors (Lipinski definition) is 5. The van der Waals surface area contributed by atoms with E-state index in [1.165, 1.54) is 11.9 Å². The first-order valence-corrected chi connectivity index (χ1v) is 8.57. The minimum atomic E-state index is -4.53. The van der Waals surface area contributed by atoms with E-state index < -0.39 is 23.2 Å². The third kappa shape index (κ3) is 4.20. The largest absolute Gasteiger partial charge is 0.417 e. The summed E-state index contributed by atoms with van der Waals surface area (Å²) in [5.74, 6) is -0.765. The Morgan fingerprint density at radius 2 is 2.00 bits per heavy atom. The number of carbonyl (C=O) groups is 2. The molecular weight excluding hydrogens is 387 g/mol. The maximum atomic E-state index is 12.6. The molecule has 1 aliphatic heterocycles. The lowest BCUT2D eigenvalue weighted by molar-refractivity contribution is -0.137. The number of benzene rings is 1. The summed E-state index contributed by atoms with van der Waals surface area (Å²) < 4.78 is 37.9. The number of carbonyl (C=O) groups excluding carboxylic acids is 2. The van der Waals surface area contributed by atoms with E-state index in [1.807, 2.05) is 0 Å². The molecule has 0 fully saturated rings. The van der Waals surface area contributed by atoms with Crippen LogP contribution in [0.4, 0.5) is 18.9 Å². The molecule has 1 aliphatic rings. The fourth-order valence-corrected chi connectivity index (χ4v) is 2.90. The Morgan fingerprint density at radius 1 is 1.28 bits per heavy atom. The zero-order valence-corrected chi connectivity index (χ0v) is 15.6. The molecule has 3 rings (SSSR count). The molecule has 3 N–H and O–H groups in total. The number of halogens is 3. The Kier molecular flexibility index (Phi) is 5.04. The van der Waals surface area contributed by atoms with E-state index in [2.05, 4.69) is 15.3 Å². The van der Waals surface area contributed by atoms with Gasteiger partial charge in [0, 0.05) is 18.9 Å². The molecule has 0 radical (unpaired) electrons. The second-order valence-electron chi connectivity index (χ2n) is 6.84. The number of aromatic nitrogens is 1. The van der Waals surface area contributed by atoms with Crippen LogP contribution in [0.5, 0.6) is 0 Å². The first-order valence-electron chi connectivity index (χ1n) is 8.57. The molecule has 2 aromatic rings. The average Bonchev–Trinajstić information content (AvgIpc) is 2.66. The van der Waals surface area contributed by atoms with Crippen LogP contribution in [-0.2, 0) is 16.5 Å². The number of alkyl halides is 3. The van der Waals surface area contributed by atoms with Crippen LogP contribution in [0.15, 0.2) is 47.6 Å². The minimum Gasteiger partial charge on any atom is -0.369 e. The molecule has 1 aromatic carbocycles. The highest BCUT2D eigenvalue weighted by Crippen LogP contribution is 2.34. The van der Waals surface area contributed by atoms with Gasteiger partial charge in [0.1, 0.15) is 5.69 Å². The SMILES string of the molecule is CN1C(=O)CC(C)(c2cccc(NC(=O)c3ccc(C(F)(F)F)cn3)c2)N=C1N. The van der Waals surface area contributed by atoms with Gasteiger partial charge in [0.2, 0.25) is 5.91 Å². The molecule has 0 saturated carbocycles. The Hall–Kier alpha value is -3.43. The Labute approximate surface area is 164 Å². The predicted molar refractivity (Wildman–Crippen MR) is 100.0 cm³/mol. The first kappa shape index (κ1) is 20.3. The van der Waals surface area contributed by atoms with E-state index in [0.717, 1.165) is 12.1 Å². The van der Waals surface area contributed by atoms with Crippen LogP contribution < -0.4 is 11.1 Å². The van der Waals surface area contributed by atoms with Gasteiger partial charge in [-0.1, -0.05) is 12.1 Å². The number of nitrogens with zero attached hydrogens (tertiary/aromatic N) is 3. The molecule has 2 amide bonds. The highest BCUT2D eigenvalue weighted by atomic mass is 19.4. The van der Waals surface area contributed by atoms with Gasteiger partial charge in [0.05, 0.1) is 17.5 Å². The third-order valence-corrected chi connectivity index (χ3v) is 4.64. The average molecular weight is 405 g/mol. The summed E-state index contributed by atoms with van der Waals surface area (Å²) >= 11 is 0. The molecule has 10 heteroatoms. The molecule has 0 bridgehead atoms. The van der Waals surface area contributed by atoms with Gasteiger partial charge in [-0.25, -0.2) is 4.99 Å². The molecule has 152 valence electrons. The van der Waals surface area contributed by atoms with Crippen LogP contribution in [-0.4, -0.2) is 34.7 Å². The van der Waals surface area contributed by atoms with Crippen molar-refractivity contribution in [2.75, 3.05) is 12.4 Å². The van der Waals surface area contributed by atoms with Gasteiger partial charge in [-0.15, -0.1) is 0 Å². The lowest BCUT2D eigenvalue weighted by Gasteiger charge is -2.33. The number of nitrogens with one attached hydrogen (secondary N) is 1. The van der Waals surface area contributed by atoms with E-state index in [9.17, 15) is 22.8 Å². The Balaban J connectivity index is 1.82. The van der Waals surface area contributed by atoms with Gasteiger partial charge in [-0.3, -0.25) is 19.5 Å². The van der Waals surface area contributed by atoms with Crippen molar-refractivity contribution in [1.29, 1.82) is 0 Å². The number of aliphatic imine (C=N–C) groups is 1. The number of guanidine groups is 1. The molecule has 0 spiro atoms. The van der Waals surface area contributed by atoms with Crippen molar-refractivity contribution < 1.29 is 22.8 Å². The van der Waals surface area contributed by atoms with Crippen molar-refractivity contribution in [3.8, 4) is 0 Å². The van der Waals surface area contributed by atoms with E-state index in [0.29, 0.717) is 17.4 Å². The van der Waals surface area contributed by atoms with Crippen molar-refractivity contribution in [3.63, 3.8) is 0 Å². The van der Waals surface area contributed by atoms with Gasteiger partial charge in [-0.05, 0) is 36.8 Å². The van der Waals surface area contributed by atoms with Crippen LogP contribution in [0, 0.1) is 0 Å². The predicted octanol–water partition coefficient (Wildman–Crippen LogP) is 2.74. The number of nitrogens with two attached hydrogens (primary N) is 1. The lowest BCUT2D eigenvalue weighted by atomic mass is 9.87. The quantitative estimate of drug-likeness (QED) is 0.820. The second kappa shape index (κ2) is 7.19. The van der Waals surface area contributed by atoms with Crippen molar-refractivity contribution >= 4 is 23.5 Å². The molecule has 0 saturated heterocycles. The molecular formula is C19H18F3N5O2. The topological polar surface area (TPSA) is 101 Å². The highest BCUT2D eigenvalue weighted by Gasteiger charge is 2.36. The van der Waals surface area contributed by atoms with E-state index in [-0.39, 0.29) is 24.0 Å². The van der Waals surface area contributed by atoms with Gasteiger partial charge in [0.25, 0.3) is 5.91 Å². The summed E-state index contributed by atoms with van der Waals surface area (Å²) in [6.07, 6.45) is -3.82. The molecule has 1 aromatic heterocycles. The van der Waals surface area contributed by atoms with Gasteiger partial charge < -0.3 is 11.1 Å². The number of anilines is 1. The summed E-state index contributed by atoms with van der Waals surface area (Å²) in [4.78, 5) is 33.7. The Bertz CT molecular complexity index is 988. The third-order valence-electron chi connectivity index (χ3n) is 4.64. The van der Waals surface area contributed by atoms with Gasteiger partial charge >= 0.3 is 6.18 Å². The molecule has 0 aliphatic carbocycles. The van der Waals surface area contributed by atoms with Crippen LogP contribution in [0.3, 0.4) is 0 Å². The zero-order chi connectivity index (χ0) is 21.4. The summed E-state index contributed by atoms with van der Waals surface area (Å²) in [6.45, 7) is 1.75. The monoisotopic (exact) mass is 405 g/mol. The lowest BCUT2D eigenvalue weighted by Crippen LogP contribution is -2.47. The van der Waals surface area contributed by atoms with Crippen LogP contribution in [0.2, 0.25) is 0 Å². The maximum absolute atomic E-state index is 12.6. The smallest absolute Gasteiger partial charge is 0.369 e.